The lowest BCUT2D eigenvalue weighted by Crippen LogP contribution is -2.55. The van der Waals surface area contributed by atoms with Gasteiger partial charge in [-0.1, -0.05) is 13.0 Å². The summed E-state index contributed by atoms with van der Waals surface area (Å²) >= 11 is 0. The maximum Gasteiger partial charge on any atom is 0.328 e. The lowest BCUT2D eigenvalue weighted by molar-refractivity contribution is -0.384. The highest BCUT2D eigenvalue weighted by Gasteiger charge is 2.53. The maximum atomic E-state index is 13.1. The highest BCUT2D eigenvalue weighted by atomic mass is 16.6. The van der Waals surface area contributed by atoms with Crippen LogP contribution < -0.4 is 0 Å². The zero-order valence-corrected chi connectivity index (χ0v) is 13.9. The molecule has 2 aliphatic rings. The van der Waals surface area contributed by atoms with E-state index >= 15 is 0 Å². The minimum atomic E-state index is -1.13. The molecule has 1 N–H and O–H groups in total. The smallest absolute Gasteiger partial charge is 0.328 e. The molecule has 1 saturated carbocycles. The Morgan fingerprint density at radius 1 is 1.36 bits per heavy atom. The zero-order chi connectivity index (χ0) is 18.2. The average Bonchev–Trinajstić information content (AvgIpc) is 2.96. The second-order valence-corrected chi connectivity index (χ2v) is 6.78. The first kappa shape index (κ1) is 17.3. The van der Waals surface area contributed by atoms with Crippen molar-refractivity contribution in [2.24, 2.45) is 5.92 Å². The Morgan fingerprint density at radius 2 is 2.04 bits per heavy atom. The topological polar surface area (TPSA) is 110 Å². The van der Waals surface area contributed by atoms with Gasteiger partial charge in [0.05, 0.1) is 11.5 Å². The molecule has 0 radical (unpaired) electrons. The SMILES string of the molecule is CC1CCC2(CC1)OC[C@@H](C(=O)O)N2C(=O)c1cccc([N+](=O)[O-])c1. The van der Waals surface area contributed by atoms with E-state index in [-0.39, 0.29) is 17.9 Å². The van der Waals surface area contributed by atoms with Gasteiger partial charge in [0.15, 0.2) is 6.04 Å². The zero-order valence-electron chi connectivity index (χ0n) is 13.9. The predicted molar refractivity (Wildman–Crippen MR) is 87.0 cm³/mol. The number of carboxylic acids is 1. The van der Waals surface area contributed by atoms with Crippen LogP contribution >= 0.6 is 0 Å². The molecule has 1 aliphatic heterocycles. The van der Waals surface area contributed by atoms with Gasteiger partial charge >= 0.3 is 5.97 Å². The Kier molecular flexibility index (Phi) is 4.47. The van der Waals surface area contributed by atoms with Gasteiger partial charge in [-0.15, -0.1) is 0 Å². The van der Waals surface area contributed by atoms with E-state index in [9.17, 15) is 24.8 Å². The number of ether oxygens (including phenoxy) is 1. The van der Waals surface area contributed by atoms with Crippen molar-refractivity contribution < 1.29 is 24.4 Å². The number of nitro groups is 1. The number of rotatable bonds is 3. The number of benzene rings is 1. The van der Waals surface area contributed by atoms with Crippen LogP contribution in [0.2, 0.25) is 0 Å². The molecule has 1 aliphatic carbocycles. The van der Waals surface area contributed by atoms with Gasteiger partial charge in [0.2, 0.25) is 0 Å². The van der Waals surface area contributed by atoms with Crippen LogP contribution in [-0.2, 0) is 9.53 Å². The Balaban J connectivity index is 1.97. The second-order valence-electron chi connectivity index (χ2n) is 6.78. The molecule has 1 atom stereocenters. The number of amides is 1. The summed E-state index contributed by atoms with van der Waals surface area (Å²) in [5.74, 6) is -1.18. The summed E-state index contributed by atoms with van der Waals surface area (Å²) in [4.78, 5) is 36.4. The van der Waals surface area contributed by atoms with Crippen LogP contribution in [-0.4, -0.2) is 45.2 Å². The predicted octanol–water partition coefficient (Wildman–Crippen LogP) is 2.43. The number of hydrogen-bond acceptors (Lipinski definition) is 5. The molecule has 1 saturated heterocycles. The van der Waals surface area contributed by atoms with Crippen molar-refractivity contribution in [1.29, 1.82) is 0 Å². The fourth-order valence-corrected chi connectivity index (χ4v) is 3.66. The van der Waals surface area contributed by atoms with Crippen molar-refractivity contribution in [2.75, 3.05) is 6.61 Å². The van der Waals surface area contributed by atoms with Crippen LogP contribution in [0, 0.1) is 16.0 Å². The van der Waals surface area contributed by atoms with Crippen molar-refractivity contribution >= 4 is 17.6 Å². The Morgan fingerprint density at radius 3 is 2.64 bits per heavy atom. The first-order chi connectivity index (χ1) is 11.8. The molecule has 1 spiro atoms. The van der Waals surface area contributed by atoms with Crippen LogP contribution in [0.4, 0.5) is 5.69 Å². The lowest BCUT2D eigenvalue weighted by atomic mass is 9.83. The van der Waals surface area contributed by atoms with E-state index in [1.165, 1.54) is 29.2 Å². The van der Waals surface area contributed by atoms with E-state index < -0.39 is 28.6 Å². The molecule has 1 aromatic rings. The van der Waals surface area contributed by atoms with Crippen molar-refractivity contribution in [3.05, 3.63) is 39.9 Å². The summed E-state index contributed by atoms with van der Waals surface area (Å²) in [5, 5.41) is 20.5. The van der Waals surface area contributed by atoms with Crippen LogP contribution in [0.15, 0.2) is 24.3 Å². The maximum absolute atomic E-state index is 13.1. The van der Waals surface area contributed by atoms with E-state index in [1.807, 2.05) is 0 Å². The molecule has 1 amide bonds. The molecule has 3 rings (SSSR count). The van der Waals surface area contributed by atoms with Crippen molar-refractivity contribution in [1.82, 2.24) is 4.90 Å². The number of carboxylic acid groups (broad SMARTS) is 1. The number of nitro benzene ring substituents is 1. The van der Waals surface area contributed by atoms with Gasteiger partial charge in [0.1, 0.15) is 5.72 Å². The third-order valence-corrected chi connectivity index (χ3v) is 5.12. The Bertz CT molecular complexity index is 711. The van der Waals surface area contributed by atoms with Gasteiger partial charge in [-0.25, -0.2) is 4.79 Å². The molecular formula is C17H20N2O6. The van der Waals surface area contributed by atoms with Crippen molar-refractivity contribution in [3.8, 4) is 0 Å². The standard InChI is InChI=1S/C17H20N2O6/c1-11-5-7-17(8-6-11)18(14(10-25-17)16(21)22)15(20)12-3-2-4-13(9-12)19(23)24/h2-4,9,11,14H,5-8,10H2,1H3,(H,21,22)/t11?,14-,17?/m0/s1. The third kappa shape index (κ3) is 3.09. The first-order valence-electron chi connectivity index (χ1n) is 8.29. The fourth-order valence-electron chi connectivity index (χ4n) is 3.66. The largest absolute Gasteiger partial charge is 0.480 e. The van der Waals surface area contributed by atoms with Gasteiger partial charge in [0.25, 0.3) is 11.6 Å². The van der Waals surface area contributed by atoms with Crippen LogP contribution in [0.25, 0.3) is 0 Å². The molecule has 8 nitrogen and oxygen atoms in total. The highest BCUT2D eigenvalue weighted by molar-refractivity contribution is 5.98. The monoisotopic (exact) mass is 348 g/mol. The van der Waals surface area contributed by atoms with Gasteiger partial charge in [-0.2, -0.15) is 0 Å². The van der Waals surface area contributed by atoms with E-state index in [0.717, 1.165) is 12.8 Å². The first-order valence-corrected chi connectivity index (χ1v) is 8.29. The molecule has 1 aromatic carbocycles. The normalized spacial score (nSPS) is 28.9. The van der Waals surface area contributed by atoms with Crippen LogP contribution in [0.3, 0.4) is 0 Å². The minimum Gasteiger partial charge on any atom is -0.480 e. The number of non-ortho nitro benzene ring substituents is 1. The summed E-state index contributed by atoms with van der Waals surface area (Å²) in [5.41, 5.74) is -1.04. The summed E-state index contributed by atoms with van der Waals surface area (Å²) in [6, 6.07) is 4.28. The van der Waals surface area contributed by atoms with Gasteiger partial charge in [-0.05, 0) is 37.7 Å². The lowest BCUT2D eigenvalue weighted by Gasteiger charge is -2.42. The van der Waals surface area contributed by atoms with Crippen molar-refractivity contribution in [3.63, 3.8) is 0 Å². The second kappa shape index (κ2) is 6.44. The van der Waals surface area contributed by atoms with E-state index in [0.29, 0.717) is 18.8 Å². The number of aliphatic carboxylic acids is 1. The molecule has 25 heavy (non-hydrogen) atoms. The van der Waals surface area contributed by atoms with Gasteiger partial charge in [-0.3, -0.25) is 19.8 Å². The third-order valence-electron chi connectivity index (χ3n) is 5.12. The minimum absolute atomic E-state index is 0.0651. The van der Waals surface area contributed by atoms with Gasteiger partial charge < -0.3 is 9.84 Å². The molecule has 0 unspecified atom stereocenters. The molecule has 8 heteroatoms. The number of carbonyl (C=O) groups excluding carboxylic acids is 1. The molecule has 134 valence electrons. The molecule has 0 aromatic heterocycles. The van der Waals surface area contributed by atoms with Gasteiger partial charge in [0, 0.05) is 17.7 Å². The van der Waals surface area contributed by atoms with Crippen LogP contribution in [0.1, 0.15) is 43.0 Å². The number of hydrogen-bond donors (Lipinski definition) is 1. The summed E-state index contributed by atoms with van der Waals surface area (Å²) < 4.78 is 5.83. The highest BCUT2D eigenvalue weighted by Crippen LogP contribution is 2.43. The Hall–Kier alpha value is -2.48. The fraction of sp³-hybridized carbons (Fsp3) is 0.529. The summed E-state index contributed by atoms with van der Waals surface area (Å²) in [6.45, 7) is 2.05. The molecule has 1 heterocycles. The molecule has 0 bridgehead atoms. The number of carbonyl (C=O) groups is 2. The molecular weight excluding hydrogens is 328 g/mol. The van der Waals surface area contributed by atoms with E-state index in [4.69, 9.17) is 4.74 Å². The van der Waals surface area contributed by atoms with Crippen molar-refractivity contribution in [2.45, 2.75) is 44.4 Å². The summed E-state index contributed by atoms with van der Waals surface area (Å²) in [6.07, 6.45) is 2.81. The molecule has 2 fully saturated rings. The Labute approximate surface area is 144 Å². The van der Waals surface area contributed by atoms with Crippen LogP contribution in [0.5, 0.6) is 0 Å². The van der Waals surface area contributed by atoms with E-state index in [2.05, 4.69) is 6.92 Å². The quantitative estimate of drug-likeness (QED) is 0.663. The average molecular weight is 348 g/mol. The van der Waals surface area contributed by atoms with E-state index in [1.54, 1.807) is 0 Å². The number of nitrogens with zero attached hydrogens (tertiary/aromatic N) is 2. The summed E-state index contributed by atoms with van der Waals surface area (Å²) in [7, 11) is 0.